The zero-order chi connectivity index (χ0) is 31.6. The van der Waals surface area contributed by atoms with Gasteiger partial charge in [0, 0.05) is 30.1 Å². The van der Waals surface area contributed by atoms with Gasteiger partial charge in [0.25, 0.3) is 5.91 Å². The van der Waals surface area contributed by atoms with Crippen LogP contribution in [-0.4, -0.2) is 88.0 Å². The first-order chi connectivity index (χ1) is 21.3. The monoisotopic (exact) mass is 665 g/mol. The molecule has 3 fully saturated rings. The molecule has 3 saturated heterocycles. The van der Waals surface area contributed by atoms with Gasteiger partial charge in [0.1, 0.15) is 17.4 Å². The summed E-state index contributed by atoms with van der Waals surface area (Å²) in [5, 5.41) is 10.4. The summed E-state index contributed by atoms with van der Waals surface area (Å²) >= 11 is 3.76. The second-order valence-corrected chi connectivity index (χ2v) is 12.8. The van der Waals surface area contributed by atoms with Gasteiger partial charge >= 0.3 is 0 Å². The van der Waals surface area contributed by atoms with E-state index in [-0.39, 0.29) is 35.7 Å². The van der Waals surface area contributed by atoms with E-state index in [9.17, 15) is 19.5 Å². The van der Waals surface area contributed by atoms with Gasteiger partial charge in [-0.15, -0.1) is 13.2 Å². The number of benzene rings is 2. The van der Waals surface area contributed by atoms with Gasteiger partial charge in [-0.2, -0.15) is 0 Å². The maximum absolute atomic E-state index is 14.7. The number of hydrogen-bond donors (Lipinski definition) is 1. The smallest absolute Gasteiger partial charge is 0.253 e. The lowest BCUT2D eigenvalue weighted by atomic mass is 9.70. The summed E-state index contributed by atoms with van der Waals surface area (Å²) in [7, 11) is 1.57. The predicted molar refractivity (Wildman–Crippen MR) is 171 cm³/mol. The number of likely N-dealkylation sites (tertiary alicyclic amines) is 1. The Morgan fingerprint density at radius 1 is 1.14 bits per heavy atom. The molecule has 2 aromatic carbocycles. The molecule has 0 radical (unpaired) electrons. The number of fused-ring (bicyclic) bond motifs is 1. The number of alkyl halides is 1. The molecule has 1 spiro atoms. The number of hydrogen-bond acceptors (Lipinski definition) is 6. The Hall–Kier alpha value is -3.47. The molecule has 3 aliphatic rings. The van der Waals surface area contributed by atoms with Gasteiger partial charge in [-0.25, -0.2) is 0 Å². The highest BCUT2D eigenvalue weighted by Gasteiger charge is 2.77. The Kier molecular flexibility index (Phi) is 9.62. The standard InChI is InChI=1S/C34H40BrN3O6/c1-5-17-36(20-22-11-9-8-10-12-22)31(40)27-28-32(41)38(23(7-3)21-39)30(34(28)19-26(35)29(27)44-34)33(42)37(18-6-2)24-13-15-25(43-4)16-14-24/h5-6,8-16,23,26-30,39H,1-2,7,17-21H2,3-4H3/t23-,26?,27-,28-,29-,30?,34?/m0/s1. The largest absolute Gasteiger partial charge is 0.497 e. The van der Waals surface area contributed by atoms with E-state index in [1.54, 1.807) is 53.3 Å². The Morgan fingerprint density at radius 2 is 1.82 bits per heavy atom. The summed E-state index contributed by atoms with van der Waals surface area (Å²) in [6.07, 6.45) is 3.50. The Morgan fingerprint density at radius 3 is 2.41 bits per heavy atom. The molecule has 0 saturated carbocycles. The predicted octanol–water partition coefficient (Wildman–Crippen LogP) is 3.95. The summed E-state index contributed by atoms with van der Waals surface area (Å²) in [5.74, 6) is -1.95. The summed E-state index contributed by atoms with van der Waals surface area (Å²) in [4.78, 5) is 48.2. The van der Waals surface area contributed by atoms with Crippen LogP contribution in [0.15, 0.2) is 79.9 Å². The molecule has 3 aliphatic heterocycles. The topological polar surface area (TPSA) is 99.6 Å². The molecule has 7 atom stereocenters. The fraction of sp³-hybridized carbons (Fsp3) is 0.441. The number of rotatable bonds is 13. The maximum Gasteiger partial charge on any atom is 0.253 e. The molecule has 10 heteroatoms. The van der Waals surface area contributed by atoms with E-state index < -0.39 is 35.6 Å². The van der Waals surface area contributed by atoms with E-state index in [2.05, 4.69) is 29.1 Å². The second-order valence-electron chi connectivity index (χ2n) is 11.6. The number of aliphatic hydroxyl groups excluding tert-OH is 1. The van der Waals surface area contributed by atoms with Gasteiger partial charge in [0.15, 0.2) is 0 Å². The van der Waals surface area contributed by atoms with Crippen molar-refractivity contribution in [3.63, 3.8) is 0 Å². The van der Waals surface area contributed by atoms with Crippen LogP contribution in [0.3, 0.4) is 0 Å². The average molecular weight is 667 g/mol. The molecular formula is C34H40BrN3O6. The second kappa shape index (κ2) is 13.3. The highest BCUT2D eigenvalue weighted by Crippen LogP contribution is 2.61. The summed E-state index contributed by atoms with van der Waals surface area (Å²) in [5.41, 5.74) is 0.305. The van der Waals surface area contributed by atoms with Gasteiger partial charge in [-0.1, -0.05) is 65.3 Å². The van der Waals surface area contributed by atoms with E-state index in [4.69, 9.17) is 9.47 Å². The van der Waals surface area contributed by atoms with E-state index in [1.165, 1.54) is 4.90 Å². The molecular weight excluding hydrogens is 626 g/mol. The quantitative estimate of drug-likeness (QED) is 0.257. The molecule has 3 unspecified atom stereocenters. The summed E-state index contributed by atoms with van der Waals surface area (Å²) < 4.78 is 12.0. The highest BCUT2D eigenvalue weighted by atomic mass is 79.9. The number of carbonyl (C=O) groups excluding carboxylic acids is 3. The number of amides is 3. The fourth-order valence-corrected chi connectivity index (χ4v) is 8.14. The Bertz CT molecular complexity index is 1380. The molecule has 5 rings (SSSR count). The SMILES string of the molecule is C=CCN(Cc1ccccc1)C(=O)[C@H]1[C@H]2C(=O)N([C@@H](CC)CO)C(C(=O)N(CC=C)c3ccc(OC)cc3)C23CC(Br)[C@@H]1O3. The van der Waals surface area contributed by atoms with Crippen molar-refractivity contribution in [2.45, 2.75) is 54.9 Å². The molecule has 3 amide bonds. The van der Waals surface area contributed by atoms with Crippen molar-refractivity contribution in [1.29, 1.82) is 0 Å². The van der Waals surface area contributed by atoms with E-state index in [1.807, 2.05) is 37.3 Å². The molecule has 2 bridgehead atoms. The van der Waals surface area contributed by atoms with Crippen LogP contribution < -0.4 is 9.64 Å². The van der Waals surface area contributed by atoms with Crippen molar-refractivity contribution in [2.75, 3.05) is 31.7 Å². The minimum atomic E-state index is -1.26. The third-order valence-corrected chi connectivity index (χ3v) is 10.0. The zero-order valence-corrected chi connectivity index (χ0v) is 26.8. The zero-order valence-electron chi connectivity index (χ0n) is 25.2. The van der Waals surface area contributed by atoms with Crippen LogP contribution in [0.4, 0.5) is 5.69 Å². The molecule has 234 valence electrons. The van der Waals surface area contributed by atoms with Gasteiger partial charge in [0.2, 0.25) is 11.8 Å². The third kappa shape index (κ3) is 5.37. The lowest BCUT2D eigenvalue weighted by Crippen LogP contribution is -2.59. The summed E-state index contributed by atoms with van der Waals surface area (Å²) in [6.45, 7) is 10.1. The fourth-order valence-electron chi connectivity index (χ4n) is 7.20. The first kappa shape index (κ1) is 31.9. The molecule has 9 nitrogen and oxygen atoms in total. The summed E-state index contributed by atoms with van der Waals surface area (Å²) in [6, 6.07) is 15.1. The van der Waals surface area contributed by atoms with E-state index in [0.29, 0.717) is 37.4 Å². The number of methoxy groups -OCH3 is 1. The van der Waals surface area contributed by atoms with Gasteiger partial charge in [-0.05, 0) is 42.7 Å². The van der Waals surface area contributed by atoms with E-state index in [0.717, 1.165) is 5.56 Å². The number of carbonyl (C=O) groups is 3. The number of ether oxygens (including phenoxy) is 2. The molecule has 0 aromatic heterocycles. The first-order valence-corrected chi connectivity index (χ1v) is 15.9. The molecule has 44 heavy (non-hydrogen) atoms. The van der Waals surface area contributed by atoms with Crippen LogP contribution in [-0.2, 0) is 25.7 Å². The van der Waals surface area contributed by atoms with Crippen molar-refractivity contribution >= 4 is 39.3 Å². The minimum absolute atomic E-state index is 0.189. The number of halogens is 1. The van der Waals surface area contributed by atoms with Crippen LogP contribution in [0.1, 0.15) is 25.3 Å². The first-order valence-electron chi connectivity index (χ1n) is 15.0. The Labute approximate surface area is 267 Å². The molecule has 1 N–H and O–H groups in total. The van der Waals surface area contributed by atoms with Crippen molar-refractivity contribution in [1.82, 2.24) is 9.80 Å². The van der Waals surface area contributed by atoms with Crippen molar-refractivity contribution in [2.24, 2.45) is 11.8 Å². The number of nitrogens with zero attached hydrogens (tertiary/aromatic N) is 3. The minimum Gasteiger partial charge on any atom is -0.497 e. The average Bonchev–Trinajstić information content (AvgIpc) is 3.63. The van der Waals surface area contributed by atoms with Crippen molar-refractivity contribution < 1.29 is 29.0 Å². The normalized spacial score (nSPS) is 27.5. The van der Waals surface area contributed by atoms with Gasteiger partial charge in [0.05, 0.1) is 37.7 Å². The highest BCUT2D eigenvalue weighted by molar-refractivity contribution is 9.09. The van der Waals surface area contributed by atoms with E-state index >= 15 is 0 Å². The number of aliphatic hydroxyl groups is 1. The van der Waals surface area contributed by atoms with Crippen LogP contribution in [0.25, 0.3) is 0 Å². The Balaban J connectivity index is 1.57. The van der Waals surface area contributed by atoms with Crippen LogP contribution in [0.5, 0.6) is 5.75 Å². The third-order valence-electron chi connectivity index (χ3n) is 9.16. The van der Waals surface area contributed by atoms with Gasteiger partial charge < -0.3 is 29.3 Å². The maximum atomic E-state index is 14.7. The molecule has 3 heterocycles. The molecule has 0 aliphatic carbocycles. The van der Waals surface area contributed by atoms with Gasteiger partial charge in [-0.3, -0.25) is 14.4 Å². The van der Waals surface area contributed by atoms with Crippen LogP contribution in [0.2, 0.25) is 0 Å². The molecule has 2 aromatic rings. The van der Waals surface area contributed by atoms with Crippen LogP contribution in [0, 0.1) is 11.8 Å². The number of anilines is 1. The lowest BCUT2D eigenvalue weighted by molar-refractivity contribution is -0.147. The lowest BCUT2D eigenvalue weighted by Gasteiger charge is -2.39. The van der Waals surface area contributed by atoms with Crippen LogP contribution >= 0.6 is 15.9 Å². The van der Waals surface area contributed by atoms with Crippen molar-refractivity contribution in [3.05, 3.63) is 85.5 Å². The van der Waals surface area contributed by atoms with Crippen molar-refractivity contribution in [3.8, 4) is 5.75 Å².